The van der Waals surface area contributed by atoms with Gasteiger partial charge < -0.3 is 25.1 Å². The number of ether oxygens (including phenoxy) is 3. The number of nitrogens with two attached hydrogens (primary N) is 1. The summed E-state index contributed by atoms with van der Waals surface area (Å²) in [6.07, 6.45) is 0.351. The molecule has 1 atom stereocenters. The lowest BCUT2D eigenvalue weighted by Crippen LogP contribution is -2.21. The molecule has 1 unspecified atom stereocenters. The quantitative estimate of drug-likeness (QED) is 0.820. The van der Waals surface area contributed by atoms with E-state index in [1.807, 2.05) is 12.1 Å². The van der Waals surface area contributed by atoms with E-state index in [1.54, 1.807) is 7.11 Å². The van der Waals surface area contributed by atoms with Crippen molar-refractivity contribution in [3.63, 3.8) is 0 Å². The molecule has 6 nitrogen and oxygen atoms in total. The Kier molecular flexibility index (Phi) is 4.81. The standard InChI is InChI=1S/C14H19NO5/c1-18-8-9-2-4-11-14(20-7-6-19-11)13(9)10(15)3-5-12(16)17/h2,4,10H,3,5-8,15H2,1H3,(H,16,17). The fourth-order valence-corrected chi connectivity index (χ4v) is 2.29. The van der Waals surface area contributed by atoms with E-state index < -0.39 is 12.0 Å². The number of hydrogen-bond acceptors (Lipinski definition) is 5. The second-order valence-electron chi connectivity index (χ2n) is 4.63. The number of hydrogen-bond donors (Lipinski definition) is 2. The Balaban J connectivity index is 2.33. The zero-order chi connectivity index (χ0) is 14.5. The highest BCUT2D eigenvalue weighted by atomic mass is 16.6. The molecule has 1 aromatic carbocycles. The molecule has 1 aromatic rings. The van der Waals surface area contributed by atoms with Crippen LogP contribution in [0.4, 0.5) is 0 Å². The van der Waals surface area contributed by atoms with E-state index in [4.69, 9.17) is 25.1 Å². The molecular weight excluding hydrogens is 262 g/mol. The van der Waals surface area contributed by atoms with E-state index in [2.05, 4.69) is 0 Å². The van der Waals surface area contributed by atoms with Gasteiger partial charge in [0, 0.05) is 25.1 Å². The highest BCUT2D eigenvalue weighted by molar-refractivity contribution is 5.66. The first kappa shape index (κ1) is 14.6. The molecule has 0 spiro atoms. The highest BCUT2D eigenvalue weighted by Crippen LogP contribution is 2.40. The fraction of sp³-hybridized carbons (Fsp3) is 0.500. The molecular formula is C14H19NO5. The normalized spacial score (nSPS) is 14.9. The van der Waals surface area contributed by atoms with Crippen molar-refractivity contribution in [2.24, 2.45) is 5.73 Å². The van der Waals surface area contributed by atoms with Gasteiger partial charge in [-0.3, -0.25) is 4.79 Å². The smallest absolute Gasteiger partial charge is 0.303 e. The molecule has 20 heavy (non-hydrogen) atoms. The number of methoxy groups -OCH3 is 1. The van der Waals surface area contributed by atoms with Crippen molar-refractivity contribution in [1.29, 1.82) is 0 Å². The van der Waals surface area contributed by atoms with Crippen molar-refractivity contribution in [2.45, 2.75) is 25.5 Å². The summed E-state index contributed by atoms with van der Waals surface area (Å²) in [4.78, 5) is 10.7. The lowest BCUT2D eigenvalue weighted by molar-refractivity contribution is -0.137. The van der Waals surface area contributed by atoms with Crippen LogP contribution in [-0.2, 0) is 16.1 Å². The molecule has 110 valence electrons. The van der Waals surface area contributed by atoms with E-state index in [0.717, 1.165) is 11.1 Å². The summed E-state index contributed by atoms with van der Waals surface area (Å²) in [7, 11) is 1.60. The number of fused-ring (bicyclic) bond motifs is 1. The van der Waals surface area contributed by atoms with Crippen LogP contribution in [0.3, 0.4) is 0 Å². The van der Waals surface area contributed by atoms with E-state index in [1.165, 1.54) is 0 Å². The van der Waals surface area contributed by atoms with Crippen LogP contribution in [0.1, 0.15) is 30.0 Å². The maximum atomic E-state index is 10.7. The van der Waals surface area contributed by atoms with E-state index in [-0.39, 0.29) is 6.42 Å². The van der Waals surface area contributed by atoms with Gasteiger partial charge in [0.1, 0.15) is 13.2 Å². The van der Waals surface area contributed by atoms with Gasteiger partial charge in [-0.15, -0.1) is 0 Å². The minimum atomic E-state index is -0.865. The lowest BCUT2D eigenvalue weighted by Gasteiger charge is -2.25. The predicted molar refractivity (Wildman–Crippen MR) is 71.9 cm³/mol. The summed E-state index contributed by atoms with van der Waals surface area (Å²) >= 11 is 0. The van der Waals surface area contributed by atoms with Crippen molar-refractivity contribution in [3.05, 3.63) is 23.3 Å². The Bertz CT molecular complexity index is 489. The first-order chi connectivity index (χ1) is 9.63. The van der Waals surface area contributed by atoms with Gasteiger partial charge in [-0.1, -0.05) is 6.07 Å². The largest absolute Gasteiger partial charge is 0.486 e. The van der Waals surface area contributed by atoms with Gasteiger partial charge in [0.25, 0.3) is 0 Å². The maximum absolute atomic E-state index is 10.7. The molecule has 0 bridgehead atoms. The van der Waals surface area contributed by atoms with Gasteiger partial charge in [-0.05, 0) is 18.1 Å². The topological polar surface area (TPSA) is 91.0 Å². The average molecular weight is 281 g/mol. The predicted octanol–water partition coefficient (Wildman–Crippen LogP) is 1.47. The van der Waals surface area contributed by atoms with Crippen LogP contribution < -0.4 is 15.2 Å². The summed E-state index contributed by atoms with van der Waals surface area (Å²) in [5.41, 5.74) is 7.82. The Hall–Kier alpha value is -1.79. The van der Waals surface area contributed by atoms with Crippen molar-refractivity contribution in [1.82, 2.24) is 0 Å². The highest BCUT2D eigenvalue weighted by Gasteiger charge is 2.24. The van der Waals surface area contributed by atoms with Gasteiger partial charge in [0.15, 0.2) is 11.5 Å². The van der Waals surface area contributed by atoms with Crippen LogP contribution in [0.15, 0.2) is 12.1 Å². The Morgan fingerprint density at radius 2 is 2.20 bits per heavy atom. The van der Waals surface area contributed by atoms with E-state index in [9.17, 15) is 4.79 Å². The van der Waals surface area contributed by atoms with E-state index in [0.29, 0.717) is 37.7 Å². The second kappa shape index (κ2) is 6.58. The first-order valence-electron chi connectivity index (χ1n) is 6.51. The van der Waals surface area contributed by atoms with Crippen molar-refractivity contribution < 1.29 is 24.1 Å². The van der Waals surface area contributed by atoms with Gasteiger partial charge in [0.2, 0.25) is 0 Å². The summed E-state index contributed by atoms with van der Waals surface area (Å²) in [5, 5.41) is 8.78. The number of carbonyl (C=O) groups is 1. The van der Waals surface area contributed by atoms with Crippen LogP contribution in [0, 0.1) is 0 Å². The third-order valence-corrected chi connectivity index (χ3v) is 3.18. The van der Waals surface area contributed by atoms with Crippen LogP contribution >= 0.6 is 0 Å². The molecule has 0 aliphatic carbocycles. The molecule has 0 radical (unpaired) electrons. The van der Waals surface area contributed by atoms with Gasteiger partial charge in [-0.25, -0.2) is 0 Å². The molecule has 1 aliphatic rings. The summed E-state index contributed by atoms with van der Waals surface area (Å²) in [6, 6.07) is 3.29. The van der Waals surface area contributed by atoms with E-state index >= 15 is 0 Å². The molecule has 0 amide bonds. The number of carboxylic acid groups (broad SMARTS) is 1. The molecule has 2 rings (SSSR count). The average Bonchev–Trinajstić information content (AvgIpc) is 2.45. The van der Waals surface area contributed by atoms with Crippen molar-refractivity contribution in [2.75, 3.05) is 20.3 Å². The Morgan fingerprint density at radius 3 is 2.90 bits per heavy atom. The minimum Gasteiger partial charge on any atom is -0.486 e. The maximum Gasteiger partial charge on any atom is 0.303 e. The summed E-state index contributed by atoms with van der Waals surface area (Å²) in [6.45, 7) is 1.36. The zero-order valence-electron chi connectivity index (χ0n) is 11.4. The minimum absolute atomic E-state index is 0.0120. The zero-order valence-corrected chi connectivity index (χ0v) is 11.4. The SMILES string of the molecule is COCc1ccc2c(c1C(N)CCC(=O)O)OCCO2. The second-order valence-corrected chi connectivity index (χ2v) is 4.63. The van der Waals surface area contributed by atoms with Crippen molar-refractivity contribution >= 4 is 5.97 Å². The molecule has 0 fully saturated rings. The number of rotatable bonds is 6. The monoisotopic (exact) mass is 281 g/mol. The van der Waals surface area contributed by atoms with Crippen LogP contribution in [0.5, 0.6) is 11.5 Å². The Morgan fingerprint density at radius 1 is 1.45 bits per heavy atom. The number of benzene rings is 1. The summed E-state index contributed by atoms with van der Waals surface area (Å²) < 4.78 is 16.4. The van der Waals surface area contributed by atoms with Crippen LogP contribution in [-0.4, -0.2) is 31.4 Å². The molecule has 1 heterocycles. The van der Waals surface area contributed by atoms with Gasteiger partial charge >= 0.3 is 5.97 Å². The third kappa shape index (κ3) is 3.20. The Labute approximate surface area is 117 Å². The number of aliphatic carboxylic acids is 1. The lowest BCUT2D eigenvalue weighted by atomic mass is 9.96. The van der Waals surface area contributed by atoms with Gasteiger partial charge in [-0.2, -0.15) is 0 Å². The molecule has 6 heteroatoms. The summed E-state index contributed by atoms with van der Waals surface area (Å²) in [5.74, 6) is 0.399. The molecule has 0 saturated carbocycles. The fourth-order valence-electron chi connectivity index (χ4n) is 2.29. The van der Waals surface area contributed by atoms with Crippen LogP contribution in [0.2, 0.25) is 0 Å². The van der Waals surface area contributed by atoms with Crippen LogP contribution in [0.25, 0.3) is 0 Å². The first-order valence-corrected chi connectivity index (χ1v) is 6.51. The number of carboxylic acids is 1. The van der Waals surface area contributed by atoms with Crippen molar-refractivity contribution in [3.8, 4) is 11.5 Å². The third-order valence-electron chi connectivity index (χ3n) is 3.18. The molecule has 0 saturated heterocycles. The molecule has 3 N–H and O–H groups in total. The molecule has 1 aliphatic heterocycles. The van der Waals surface area contributed by atoms with Gasteiger partial charge in [0.05, 0.1) is 6.61 Å². The molecule has 0 aromatic heterocycles.